The van der Waals surface area contributed by atoms with Crippen LogP contribution in [-0.4, -0.2) is 46.0 Å². The van der Waals surface area contributed by atoms with Crippen LogP contribution in [-0.2, 0) is 6.54 Å². The van der Waals surface area contributed by atoms with Crippen LogP contribution in [0.3, 0.4) is 0 Å². The van der Waals surface area contributed by atoms with Crippen molar-refractivity contribution in [1.82, 2.24) is 14.9 Å². The molecule has 7 heteroatoms. The van der Waals surface area contributed by atoms with Gasteiger partial charge < -0.3 is 4.90 Å². The van der Waals surface area contributed by atoms with Crippen molar-refractivity contribution in [3.8, 4) is 0 Å². The summed E-state index contributed by atoms with van der Waals surface area (Å²) in [5, 5.41) is 10.7. The molecule has 24 heavy (non-hydrogen) atoms. The third kappa shape index (κ3) is 3.21. The molecule has 1 saturated heterocycles. The zero-order valence-electron chi connectivity index (χ0n) is 14.1. The molecular weight excluding hydrogens is 306 g/mol. The Morgan fingerprint density at radius 1 is 1.25 bits per heavy atom. The van der Waals surface area contributed by atoms with Gasteiger partial charge in [0.15, 0.2) is 0 Å². The number of nitrogens with zero attached hydrogens (tertiary/aromatic N) is 5. The maximum Gasteiger partial charge on any atom is 0.269 e. The van der Waals surface area contributed by atoms with Crippen LogP contribution in [0.2, 0.25) is 0 Å². The maximum absolute atomic E-state index is 10.7. The molecule has 2 heterocycles. The highest BCUT2D eigenvalue weighted by Gasteiger charge is 2.31. The number of benzene rings is 1. The van der Waals surface area contributed by atoms with Gasteiger partial charge in [-0.25, -0.2) is 9.97 Å². The SMILES string of the molecule is Cc1ncnc(N2CC(N(C)Cc3ccc([N+](=O)[O-])cc3)C2)c1C. The molecule has 1 fully saturated rings. The Morgan fingerprint density at radius 3 is 2.54 bits per heavy atom. The van der Waals surface area contributed by atoms with Gasteiger partial charge in [-0.2, -0.15) is 0 Å². The summed E-state index contributed by atoms with van der Waals surface area (Å²) in [6.45, 7) is 6.69. The molecule has 7 nitrogen and oxygen atoms in total. The number of hydrogen-bond donors (Lipinski definition) is 0. The van der Waals surface area contributed by atoms with Crippen LogP contribution < -0.4 is 4.90 Å². The van der Waals surface area contributed by atoms with Gasteiger partial charge in [0.05, 0.1) is 4.92 Å². The fourth-order valence-electron chi connectivity index (χ4n) is 2.89. The minimum absolute atomic E-state index is 0.130. The molecule has 0 saturated carbocycles. The van der Waals surface area contributed by atoms with Crippen molar-refractivity contribution < 1.29 is 4.92 Å². The molecule has 0 unspecified atom stereocenters. The summed E-state index contributed by atoms with van der Waals surface area (Å²) in [5.41, 5.74) is 3.36. The lowest BCUT2D eigenvalue weighted by molar-refractivity contribution is -0.384. The Kier molecular flexibility index (Phi) is 4.44. The van der Waals surface area contributed by atoms with Crippen LogP contribution in [0.25, 0.3) is 0 Å². The number of aryl methyl sites for hydroxylation is 1. The Labute approximate surface area is 141 Å². The van der Waals surface area contributed by atoms with Gasteiger partial charge >= 0.3 is 0 Å². The highest BCUT2D eigenvalue weighted by atomic mass is 16.6. The van der Waals surface area contributed by atoms with E-state index in [4.69, 9.17) is 0 Å². The van der Waals surface area contributed by atoms with Crippen LogP contribution >= 0.6 is 0 Å². The average Bonchev–Trinajstić information content (AvgIpc) is 2.50. The summed E-state index contributed by atoms with van der Waals surface area (Å²) < 4.78 is 0. The number of nitro groups is 1. The molecule has 0 N–H and O–H groups in total. The molecule has 3 rings (SSSR count). The van der Waals surface area contributed by atoms with E-state index in [9.17, 15) is 10.1 Å². The minimum atomic E-state index is -0.372. The summed E-state index contributed by atoms with van der Waals surface area (Å²) in [6.07, 6.45) is 1.62. The fraction of sp³-hybridized carbons (Fsp3) is 0.412. The molecule has 1 aromatic heterocycles. The first-order valence-electron chi connectivity index (χ1n) is 7.92. The minimum Gasteiger partial charge on any atom is -0.353 e. The molecule has 126 valence electrons. The quantitative estimate of drug-likeness (QED) is 0.620. The number of hydrogen-bond acceptors (Lipinski definition) is 6. The molecule has 2 aromatic rings. The summed E-state index contributed by atoms with van der Waals surface area (Å²) in [5.74, 6) is 1.02. The molecule has 1 aromatic carbocycles. The van der Waals surface area contributed by atoms with Crippen molar-refractivity contribution in [2.24, 2.45) is 0 Å². The van der Waals surface area contributed by atoms with Crippen molar-refractivity contribution in [2.75, 3.05) is 25.0 Å². The second-order valence-corrected chi connectivity index (χ2v) is 6.31. The van der Waals surface area contributed by atoms with Gasteiger partial charge in [-0.15, -0.1) is 0 Å². The predicted molar refractivity (Wildman–Crippen MR) is 92.1 cm³/mol. The Balaban J connectivity index is 1.57. The molecule has 0 radical (unpaired) electrons. The van der Waals surface area contributed by atoms with Crippen molar-refractivity contribution in [3.05, 3.63) is 57.5 Å². The smallest absolute Gasteiger partial charge is 0.269 e. The zero-order chi connectivity index (χ0) is 17.3. The first-order chi connectivity index (χ1) is 11.5. The lowest BCUT2D eigenvalue weighted by Gasteiger charge is -2.45. The Bertz CT molecular complexity index is 741. The second kappa shape index (κ2) is 6.52. The molecule has 0 bridgehead atoms. The van der Waals surface area contributed by atoms with Gasteiger partial charge in [-0.05, 0) is 26.5 Å². The predicted octanol–water partition coefficient (Wildman–Crippen LogP) is 2.32. The maximum atomic E-state index is 10.7. The van der Waals surface area contributed by atoms with Crippen molar-refractivity contribution in [1.29, 1.82) is 0 Å². The number of non-ortho nitro benzene ring substituents is 1. The van der Waals surface area contributed by atoms with E-state index in [2.05, 4.69) is 33.7 Å². The standard InChI is InChI=1S/C17H21N5O2/c1-12-13(2)18-11-19-17(12)21-9-16(10-21)20(3)8-14-4-6-15(7-5-14)22(23)24/h4-7,11,16H,8-10H2,1-3H3. The average molecular weight is 327 g/mol. The van der Waals surface area contributed by atoms with Crippen molar-refractivity contribution >= 4 is 11.5 Å². The zero-order valence-corrected chi connectivity index (χ0v) is 14.1. The molecule has 0 amide bonds. The Morgan fingerprint density at radius 2 is 1.92 bits per heavy atom. The van der Waals surface area contributed by atoms with Gasteiger partial charge in [0.25, 0.3) is 5.69 Å². The monoisotopic (exact) mass is 327 g/mol. The second-order valence-electron chi connectivity index (χ2n) is 6.31. The largest absolute Gasteiger partial charge is 0.353 e. The van der Waals surface area contributed by atoms with Crippen molar-refractivity contribution in [2.45, 2.75) is 26.4 Å². The summed E-state index contributed by atoms with van der Waals surface area (Å²) >= 11 is 0. The van der Waals surface area contributed by atoms with Crippen LogP contribution in [0.1, 0.15) is 16.8 Å². The van der Waals surface area contributed by atoms with Gasteiger partial charge in [0, 0.05) is 49.1 Å². The number of aromatic nitrogens is 2. The van der Waals surface area contributed by atoms with Gasteiger partial charge in [0.1, 0.15) is 12.1 Å². The Hall–Kier alpha value is -2.54. The molecule has 0 spiro atoms. The first-order valence-corrected chi connectivity index (χ1v) is 7.92. The van der Waals surface area contributed by atoms with E-state index >= 15 is 0 Å². The lowest BCUT2D eigenvalue weighted by atomic mass is 10.1. The van der Waals surface area contributed by atoms with Crippen LogP contribution in [0, 0.1) is 24.0 Å². The topological polar surface area (TPSA) is 75.4 Å². The highest BCUT2D eigenvalue weighted by Crippen LogP contribution is 2.26. The van der Waals surface area contributed by atoms with Crippen LogP contribution in [0.4, 0.5) is 11.5 Å². The van der Waals surface area contributed by atoms with Crippen molar-refractivity contribution in [3.63, 3.8) is 0 Å². The van der Waals surface area contributed by atoms with Crippen LogP contribution in [0.5, 0.6) is 0 Å². The van der Waals surface area contributed by atoms with E-state index in [1.165, 1.54) is 0 Å². The van der Waals surface area contributed by atoms with E-state index in [0.717, 1.165) is 42.3 Å². The van der Waals surface area contributed by atoms with Gasteiger partial charge in [0.2, 0.25) is 0 Å². The van der Waals surface area contributed by atoms with E-state index < -0.39 is 0 Å². The highest BCUT2D eigenvalue weighted by molar-refractivity contribution is 5.50. The van der Waals surface area contributed by atoms with E-state index in [0.29, 0.717) is 6.04 Å². The molecule has 1 aliphatic heterocycles. The number of rotatable bonds is 5. The molecular formula is C17H21N5O2. The van der Waals surface area contributed by atoms with E-state index in [-0.39, 0.29) is 10.6 Å². The lowest BCUT2D eigenvalue weighted by Crippen LogP contribution is -2.58. The third-order valence-corrected chi connectivity index (χ3v) is 4.67. The third-order valence-electron chi connectivity index (χ3n) is 4.67. The van der Waals surface area contributed by atoms with E-state index in [1.54, 1.807) is 18.5 Å². The van der Waals surface area contributed by atoms with Crippen LogP contribution in [0.15, 0.2) is 30.6 Å². The number of anilines is 1. The normalized spacial score (nSPS) is 14.8. The van der Waals surface area contributed by atoms with Gasteiger partial charge in [-0.1, -0.05) is 12.1 Å². The molecule has 0 aliphatic carbocycles. The van der Waals surface area contributed by atoms with E-state index in [1.807, 2.05) is 19.1 Å². The number of likely N-dealkylation sites (N-methyl/N-ethyl adjacent to an activating group) is 1. The molecule has 0 atom stereocenters. The molecule has 1 aliphatic rings. The first kappa shape index (κ1) is 16.3. The summed E-state index contributed by atoms with van der Waals surface area (Å²) in [6, 6.07) is 7.22. The fourth-order valence-corrected chi connectivity index (χ4v) is 2.89. The number of nitro benzene ring substituents is 1. The van der Waals surface area contributed by atoms with Gasteiger partial charge in [-0.3, -0.25) is 15.0 Å². The summed E-state index contributed by atoms with van der Waals surface area (Å²) in [7, 11) is 2.08. The summed E-state index contributed by atoms with van der Waals surface area (Å²) in [4.78, 5) is 23.5.